The van der Waals surface area contributed by atoms with Gasteiger partial charge in [-0.2, -0.15) is 0 Å². The van der Waals surface area contributed by atoms with Gasteiger partial charge in [0.25, 0.3) is 0 Å². The van der Waals surface area contributed by atoms with E-state index in [2.05, 4.69) is 4.98 Å². The average Bonchev–Trinajstić information content (AvgIpc) is 3.06. The molecule has 2 N–H and O–H groups in total. The minimum Gasteiger partial charge on any atom is -0.472 e. The van der Waals surface area contributed by atoms with Crippen LogP contribution in [0.1, 0.15) is 45.7 Å². The molecular formula is C19H30ClN3O2. The van der Waals surface area contributed by atoms with Crippen molar-refractivity contribution in [2.75, 3.05) is 13.1 Å². The van der Waals surface area contributed by atoms with Crippen LogP contribution in [0.5, 0.6) is 5.88 Å². The number of carbonyl (C=O) groups excluding carboxylic acids is 1. The summed E-state index contributed by atoms with van der Waals surface area (Å²) in [5, 5.41) is 0. The maximum atomic E-state index is 12.5. The Labute approximate surface area is 156 Å². The Morgan fingerprint density at radius 1 is 1.32 bits per heavy atom. The quantitative estimate of drug-likeness (QED) is 0.888. The summed E-state index contributed by atoms with van der Waals surface area (Å²) in [7, 11) is 0. The molecule has 3 rings (SSSR count). The van der Waals surface area contributed by atoms with Crippen LogP contribution in [0.15, 0.2) is 18.2 Å². The van der Waals surface area contributed by atoms with Crippen molar-refractivity contribution in [1.82, 2.24) is 9.88 Å². The maximum Gasteiger partial charge on any atom is 0.222 e. The number of halogens is 1. The molecule has 1 aliphatic heterocycles. The molecule has 5 nitrogen and oxygen atoms in total. The molecule has 1 saturated carbocycles. The predicted molar refractivity (Wildman–Crippen MR) is 101 cm³/mol. The van der Waals surface area contributed by atoms with Gasteiger partial charge in [-0.3, -0.25) is 4.79 Å². The summed E-state index contributed by atoms with van der Waals surface area (Å²) in [5.74, 6) is 1.97. The number of aryl methyl sites for hydroxylation is 1. The molecule has 0 spiro atoms. The molecule has 2 aliphatic rings. The number of ether oxygens (including phenoxy) is 1. The first-order valence-electron chi connectivity index (χ1n) is 9.00. The van der Waals surface area contributed by atoms with Crippen LogP contribution in [0.2, 0.25) is 0 Å². The van der Waals surface area contributed by atoms with E-state index in [4.69, 9.17) is 10.5 Å². The molecule has 1 aromatic heterocycles. The number of carbonyl (C=O) groups is 1. The van der Waals surface area contributed by atoms with E-state index < -0.39 is 0 Å². The zero-order chi connectivity index (χ0) is 17.3. The molecule has 1 aromatic rings. The van der Waals surface area contributed by atoms with E-state index in [1.165, 1.54) is 6.42 Å². The highest BCUT2D eigenvalue weighted by Crippen LogP contribution is 2.37. The van der Waals surface area contributed by atoms with Gasteiger partial charge in [-0.1, -0.05) is 6.07 Å². The lowest BCUT2D eigenvalue weighted by atomic mass is 9.98. The van der Waals surface area contributed by atoms with Crippen LogP contribution in [0.3, 0.4) is 0 Å². The van der Waals surface area contributed by atoms with Crippen molar-refractivity contribution >= 4 is 18.3 Å². The van der Waals surface area contributed by atoms with Gasteiger partial charge < -0.3 is 15.4 Å². The number of amides is 1. The van der Waals surface area contributed by atoms with E-state index in [-0.39, 0.29) is 30.0 Å². The number of pyridine rings is 1. The van der Waals surface area contributed by atoms with Gasteiger partial charge in [-0.25, -0.2) is 4.98 Å². The molecule has 2 fully saturated rings. The van der Waals surface area contributed by atoms with Gasteiger partial charge in [0.2, 0.25) is 11.8 Å². The summed E-state index contributed by atoms with van der Waals surface area (Å²) in [6.45, 7) is 7.72. The second-order valence-corrected chi connectivity index (χ2v) is 8.15. The van der Waals surface area contributed by atoms with Crippen LogP contribution >= 0.6 is 12.4 Å². The average molecular weight is 368 g/mol. The van der Waals surface area contributed by atoms with E-state index >= 15 is 0 Å². The third kappa shape index (κ3) is 5.08. The highest BCUT2D eigenvalue weighted by atomic mass is 35.5. The maximum absolute atomic E-state index is 12.5. The SMILES string of the molecule is CC(C)(C)Oc1cccc(CCC(=O)N2CC3CCC(N)C3C2)n1.Cl. The molecule has 25 heavy (non-hydrogen) atoms. The van der Waals surface area contributed by atoms with Gasteiger partial charge in [0.1, 0.15) is 5.60 Å². The van der Waals surface area contributed by atoms with Crippen LogP contribution < -0.4 is 10.5 Å². The fourth-order valence-corrected chi connectivity index (χ4v) is 3.87. The van der Waals surface area contributed by atoms with Crippen LogP contribution in [0.4, 0.5) is 0 Å². The van der Waals surface area contributed by atoms with Gasteiger partial charge in [0.15, 0.2) is 0 Å². The van der Waals surface area contributed by atoms with Crippen molar-refractivity contribution in [2.24, 2.45) is 17.6 Å². The summed E-state index contributed by atoms with van der Waals surface area (Å²) in [6, 6.07) is 6.03. The van der Waals surface area contributed by atoms with Crippen LogP contribution in [-0.2, 0) is 11.2 Å². The standard InChI is InChI=1S/C19H29N3O2.ClH/c1-19(2,3)24-17-6-4-5-14(21-17)8-10-18(23)22-11-13-7-9-16(20)15(13)12-22;/h4-6,13,15-16H,7-12,20H2,1-3H3;1H. The number of nitrogens with zero attached hydrogens (tertiary/aromatic N) is 2. The number of hydrogen-bond acceptors (Lipinski definition) is 4. The zero-order valence-electron chi connectivity index (χ0n) is 15.4. The second-order valence-electron chi connectivity index (χ2n) is 8.15. The first-order valence-corrected chi connectivity index (χ1v) is 9.00. The van der Waals surface area contributed by atoms with Crippen molar-refractivity contribution < 1.29 is 9.53 Å². The number of aromatic nitrogens is 1. The van der Waals surface area contributed by atoms with Crippen molar-refractivity contribution in [3.8, 4) is 5.88 Å². The third-order valence-electron chi connectivity index (χ3n) is 5.05. The van der Waals surface area contributed by atoms with E-state index in [0.717, 1.165) is 25.2 Å². The molecule has 0 bridgehead atoms. The first kappa shape index (κ1) is 20.0. The molecule has 1 aliphatic carbocycles. The lowest BCUT2D eigenvalue weighted by molar-refractivity contribution is -0.130. The van der Waals surface area contributed by atoms with Crippen molar-refractivity contribution in [1.29, 1.82) is 0 Å². The van der Waals surface area contributed by atoms with Gasteiger partial charge in [-0.15, -0.1) is 12.4 Å². The van der Waals surface area contributed by atoms with Gasteiger partial charge >= 0.3 is 0 Å². The lowest BCUT2D eigenvalue weighted by Gasteiger charge is -2.21. The van der Waals surface area contributed by atoms with E-state index in [0.29, 0.717) is 30.6 Å². The van der Waals surface area contributed by atoms with E-state index in [1.807, 2.05) is 43.9 Å². The molecule has 1 saturated heterocycles. The van der Waals surface area contributed by atoms with Gasteiger partial charge in [-0.05, 0) is 57.9 Å². The second kappa shape index (κ2) is 7.92. The molecule has 1 amide bonds. The highest BCUT2D eigenvalue weighted by Gasteiger charge is 2.42. The fourth-order valence-electron chi connectivity index (χ4n) is 3.87. The number of likely N-dealkylation sites (tertiary alicyclic amines) is 1. The molecular weight excluding hydrogens is 338 g/mol. The Hall–Kier alpha value is -1.33. The molecule has 3 unspecified atom stereocenters. The number of rotatable bonds is 4. The minimum atomic E-state index is -0.270. The summed E-state index contributed by atoms with van der Waals surface area (Å²) in [6.07, 6.45) is 3.43. The monoisotopic (exact) mass is 367 g/mol. The Morgan fingerprint density at radius 2 is 2.08 bits per heavy atom. The smallest absolute Gasteiger partial charge is 0.222 e. The topological polar surface area (TPSA) is 68.5 Å². The van der Waals surface area contributed by atoms with Gasteiger partial charge in [0, 0.05) is 37.3 Å². The predicted octanol–water partition coefficient (Wildman–Crippen LogP) is 2.81. The summed E-state index contributed by atoms with van der Waals surface area (Å²) in [4.78, 5) is 19.0. The molecule has 0 aromatic carbocycles. The normalized spacial score (nSPS) is 25.4. The lowest BCUT2D eigenvalue weighted by Crippen LogP contribution is -2.33. The first-order chi connectivity index (χ1) is 11.3. The minimum absolute atomic E-state index is 0. The Bertz CT molecular complexity index is 603. The zero-order valence-corrected chi connectivity index (χ0v) is 16.2. The van der Waals surface area contributed by atoms with Crippen LogP contribution in [0.25, 0.3) is 0 Å². The highest BCUT2D eigenvalue weighted by molar-refractivity contribution is 5.85. The molecule has 140 valence electrons. The van der Waals surface area contributed by atoms with Gasteiger partial charge in [0.05, 0.1) is 0 Å². The van der Waals surface area contributed by atoms with E-state index in [9.17, 15) is 4.79 Å². The molecule has 6 heteroatoms. The molecule has 3 atom stereocenters. The number of fused-ring (bicyclic) bond motifs is 1. The number of hydrogen-bond donors (Lipinski definition) is 1. The largest absolute Gasteiger partial charge is 0.472 e. The Kier molecular flexibility index (Phi) is 6.33. The summed E-state index contributed by atoms with van der Waals surface area (Å²) in [5.41, 5.74) is 6.79. The Morgan fingerprint density at radius 3 is 2.76 bits per heavy atom. The fraction of sp³-hybridized carbons (Fsp3) is 0.684. The van der Waals surface area contributed by atoms with E-state index in [1.54, 1.807) is 0 Å². The molecule has 2 heterocycles. The van der Waals surface area contributed by atoms with Crippen LogP contribution in [0, 0.1) is 11.8 Å². The van der Waals surface area contributed by atoms with Crippen molar-refractivity contribution in [3.05, 3.63) is 23.9 Å². The van der Waals surface area contributed by atoms with Crippen molar-refractivity contribution in [3.63, 3.8) is 0 Å². The number of nitrogens with two attached hydrogens (primary N) is 1. The van der Waals surface area contributed by atoms with Crippen molar-refractivity contribution in [2.45, 2.75) is 58.1 Å². The Balaban J connectivity index is 0.00000225. The summed E-state index contributed by atoms with van der Waals surface area (Å²) < 4.78 is 5.79. The van der Waals surface area contributed by atoms with Crippen LogP contribution in [-0.4, -0.2) is 40.5 Å². The molecule has 0 radical (unpaired) electrons. The third-order valence-corrected chi connectivity index (χ3v) is 5.05. The summed E-state index contributed by atoms with van der Waals surface area (Å²) >= 11 is 0.